The second kappa shape index (κ2) is 5.32. The molecule has 106 valence electrons. The topological polar surface area (TPSA) is 58.0 Å². The van der Waals surface area contributed by atoms with Crippen LogP contribution in [0.2, 0.25) is 0 Å². The third kappa shape index (κ3) is 3.34. The summed E-state index contributed by atoms with van der Waals surface area (Å²) in [5.74, 6) is -1.52. The van der Waals surface area contributed by atoms with Gasteiger partial charge in [-0.1, -0.05) is 6.07 Å². The average Bonchev–Trinajstić information content (AvgIpc) is 2.39. The number of aromatic hydroxyl groups is 1. The van der Waals surface area contributed by atoms with E-state index in [-0.39, 0.29) is 12.5 Å². The van der Waals surface area contributed by atoms with E-state index in [0.29, 0.717) is 5.56 Å². The van der Waals surface area contributed by atoms with E-state index >= 15 is 0 Å². The SMILES string of the molecule is Oc1ccc(CNc2nccc(C(F)(F)F)n2)cc1F. The third-order valence-electron chi connectivity index (χ3n) is 2.41. The van der Waals surface area contributed by atoms with Gasteiger partial charge in [-0.3, -0.25) is 0 Å². The molecule has 0 aliphatic rings. The van der Waals surface area contributed by atoms with Crippen LogP contribution >= 0.6 is 0 Å². The Bertz CT molecular complexity index is 616. The Hall–Kier alpha value is -2.38. The molecule has 2 aromatic rings. The van der Waals surface area contributed by atoms with Crippen molar-refractivity contribution in [2.75, 3.05) is 5.32 Å². The fraction of sp³-hybridized carbons (Fsp3) is 0.167. The monoisotopic (exact) mass is 287 g/mol. The summed E-state index contributed by atoms with van der Waals surface area (Å²) in [4.78, 5) is 6.95. The number of halogens is 4. The molecule has 0 saturated carbocycles. The number of alkyl halides is 3. The second-order valence-corrected chi connectivity index (χ2v) is 3.90. The minimum Gasteiger partial charge on any atom is -0.505 e. The number of hydrogen-bond donors (Lipinski definition) is 2. The molecule has 0 amide bonds. The first-order valence-electron chi connectivity index (χ1n) is 5.48. The Morgan fingerprint density at radius 2 is 1.95 bits per heavy atom. The number of phenolic OH excluding ortho intramolecular Hbond substituents is 1. The number of nitrogens with one attached hydrogen (secondary N) is 1. The van der Waals surface area contributed by atoms with E-state index in [1.165, 1.54) is 6.07 Å². The molecule has 1 heterocycles. The minimum absolute atomic E-state index is 0.0263. The highest BCUT2D eigenvalue weighted by molar-refractivity contribution is 5.32. The molecule has 0 fully saturated rings. The van der Waals surface area contributed by atoms with E-state index < -0.39 is 23.4 Å². The number of hydrogen-bond acceptors (Lipinski definition) is 4. The fourth-order valence-corrected chi connectivity index (χ4v) is 1.44. The molecule has 0 saturated heterocycles. The summed E-state index contributed by atoms with van der Waals surface area (Å²) in [7, 11) is 0. The third-order valence-corrected chi connectivity index (χ3v) is 2.41. The van der Waals surface area contributed by atoms with E-state index in [1.807, 2.05) is 0 Å². The Kier molecular flexibility index (Phi) is 3.73. The van der Waals surface area contributed by atoms with Crippen molar-refractivity contribution in [2.24, 2.45) is 0 Å². The minimum atomic E-state index is -4.55. The Morgan fingerprint density at radius 3 is 2.60 bits per heavy atom. The molecule has 0 spiro atoms. The maximum atomic E-state index is 13.1. The quantitative estimate of drug-likeness (QED) is 0.852. The van der Waals surface area contributed by atoms with Gasteiger partial charge in [-0.2, -0.15) is 13.2 Å². The van der Waals surface area contributed by atoms with Crippen LogP contribution in [0, 0.1) is 5.82 Å². The summed E-state index contributed by atoms with van der Waals surface area (Å²) in [6.45, 7) is 0.0263. The molecule has 4 nitrogen and oxygen atoms in total. The average molecular weight is 287 g/mol. The normalized spacial score (nSPS) is 11.4. The lowest BCUT2D eigenvalue weighted by Gasteiger charge is -2.08. The van der Waals surface area contributed by atoms with Crippen molar-refractivity contribution in [3.8, 4) is 5.75 Å². The summed E-state index contributed by atoms with van der Waals surface area (Å²) in [5, 5.41) is 11.6. The molecule has 20 heavy (non-hydrogen) atoms. The molecule has 0 aliphatic carbocycles. The smallest absolute Gasteiger partial charge is 0.433 e. The lowest BCUT2D eigenvalue weighted by atomic mass is 10.2. The van der Waals surface area contributed by atoms with Gasteiger partial charge in [0.1, 0.15) is 5.69 Å². The zero-order valence-corrected chi connectivity index (χ0v) is 9.95. The molecule has 0 unspecified atom stereocenters. The first-order chi connectivity index (χ1) is 9.36. The van der Waals surface area contributed by atoms with Gasteiger partial charge in [-0.25, -0.2) is 14.4 Å². The molecule has 2 rings (SSSR count). The molecule has 1 aromatic carbocycles. The fourth-order valence-electron chi connectivity index (χ4n) is 1.44. The molecule has 2 N–H and O–H groups in total. The zero-order valence-electron chi connectivity index (χ0n) is 9.95. The van der Waals surface area contributed by atoms with Crippen LogP contribution in [-0.2, 0) is 12.7 Å². The predicted octanol–water partition coefficient (Wildman–Crippen LogP) is 2.95. The van der Waals surface area contributed by atoms with Crippen molar-refractivity contribution in [1.29, 1.82) is 0 Å². The van der Waals surface area contributed by atoms with Gasteiger partial charge in [0.05, 0.1) is 0 Å². The van der Waals surface area contributed by atoms with Crippen molar-refractivity contribution in [1.82, 2.24) is 9.97 Å². The van der Waals surface area contributed by atoms with Crippen LogP contribution in [0.5, 0.6) is 5.75 Å². The van der Waals surface area contributed by atoms with Gasteiger partial charge in [0.2, 0.25) is 5.95 Å². The molecule has 0 bridgehead atoms. The van der Waals surface area contributed by atoms with Gasteiger partial charge >= 0.3 is 6.18 Å². The maximum Gasteiger partial charge on any atom is 0.433 e. The molecule has 1 aromatic heterocycles. The summed E-state index contributed by atoms with van der Waals surface area (Å²) in [6, 6.07) is 4.40. The standard InChI is InChI=1S/C12H9F4N3O/c13-8-5-7(1-2-9(8)20)6-18-11-17-4-3-10(19-11)12(14,15)16/h1-5,20H,6H2,(H,17,18,19). The predicted molar refractivity (Wildman–Crippen MR) is 62.4 cm³/mol. The number of nitrogens with zero attached hydrogens (tertiary/aromatic N) is 2. The van der Waals surface area contributed by atoms with E-state index in [2.05, 4.69) is 15.3 Å². The van der Waals surface area contributed by atoms with Crippen molar-refractivity contribution >= 4 is 5.95 Å². The summed E-state index contributed by atoms with van der Waals surface area (Å²) in [5.41, 5.74) is -0.631. The van der Waals surface area contributed by atoms with Crippen LogP contribution in [0.4, 0.5) is 23.5 Å². The summed E-state index contributed by atoms with van der Waals surface area (Å²) < 4.78 is 50.4. The number of rotatable bonds is 3. The van der Waals surface area contributed by atoms with Crippen molar-refractivity contribution in [3.05, 3.63) is 47.5 Å². The molecule has 8 heteroatoms. The number of anilines is 1. The van der Waals surface area contributed by atoms with Gasteiger partial charge in [-0.15, -0.1) is 0 Å². The Labute approximate surface area is 111 Å². The van der Waals surface area contributed by atoms with E-state index in [4.69, 9.17) is 5.11 Å². The highest BCUT2D eigenvalue weighted by Crippen LogP contribution is 2.27. The van der Waals surface area contributed by atoms with Gasteiger partial charge < -0.3 is 10.4 Å². The maximum absolute atomic E-state index is 13.1. The van der Waals surface area contributed by atoms with Gasteiger partial charge in [0.25, 0.3) is 0 Å². The number of aromatic nitrogens is 2. The zero-order chi connectivity index (χ0) is 14.8. The van der Waals surface area contributed by atoms with Crippen LogP contribution in [0.15, 0.2) is 30.5 Å². The highest BCUT2D eigenvalue weighted by Gasteiger charge is 2.32. The van der Waals surface area contributed by atoms with Gasteiger partial charge in [0.15, 0.2) is 11.6 Å². The van der Waals surface area contributed by atoms with Crippen LogP contribution in [0.25, 0.3) is 0 Å². The van der Waals surface area contributed by atoms with Crippen molar-refractivity contribution in [3.63, 3.8) is 0 Å². The van der Waals surface area contributed by atoms with Crippen LogP contribution in [-0.4, -0.2) is 15.1 Å². The number of phenols is 1. The molecule has 0 aliphatic heterocycles. The van der Waals surface area contributed by atoms with Gasteiger partial charge in [0, 0.05) is 12.7 Å². The molecule has 0 radical (unpaired) electrons. The Balaban J connectivity index is 2.09. The lowest BCUT2D eigenvalue weighted by Crippen LogP contribution is -2.11. The van der Waals surface area contributed by atoms with Crippen molar-refractivity contribution < 1.29 is 22.7 Å². The van der Waals surface area contributed by atoms with E-state index in [9.17, 15) is 17.6 Å². The summed E-state index contributed by atoms with van der Waals surface area (Å²) >= 11 is 0. The first-order valence-corrected chi connectivity index (χ1v) is 5.48. The summed E-state index contributed by atoms with van der Waals surface area (Å²) in [6.07, 6.45) is -3.57. The second-order valence-electron chi connectivity index (χ2n) is 3.90. The van der Waals surface area contributed by atoms with E-state index in [1.54, 1.807) is 0 Å². The van der Waals surface area contributed by atoms with Gasteiger partial charge in [-0.05, 0) is 23.8 Å². The first kappa shape index (κ1) is 14.0. The van der Waals surface area contributed by atoms with Crippen molar-refractivity contribution in [2.45, 2.75) is 12.7 Å². The van der Waals surface area contributed by atoms with Crippen LogP contribution in [0.1, 0.15) is 11.3 Å². The molecule has 0 atom stereocenters. The van der Waals surface area contributed by atoms with Crippen LogP contribution in [0.3, 0.4) is 0 Å². The largest absolute Gasteiger partial charge is 0.505 e. The lowest BCUT2D eigenvalue weighted by molar-refractivity contribution is -0.141. The highest BCUT2D eigenvalue weighted by atomic mass is 19.4. The number of benzene rings is 1. The Morgan fingerprint density at radius 1 is 1.20 bits per heavy atom. The van der Waals surface area contributed by atoms with E-state index in [0.717, 1.165) is 24.4 Å². The molecular weight excluding hydrogens is 278 g/mol. The van der Waals surface area contributed by atoms with Crippen LogP contribution < -0.4 is 5.32 Å². The molecular formula is C12H9F4N3O.